The minimum absolute atomic E-state index is 0.0479. The van der Waals surface area contributed by atoms with E-state index in [0.717, 1.165) is 21.4 Å². The molecule has 0 radical (unpaired) electrons. The van der Waals surface area contributed by atoms with Gasteiger partial charge >= 0.3 is 0 Å². The fraction of sp³-hybridized carbons (Fsp3) is 0.200. The highest BCUT2D eigenvalue weighted by Gasteiger charge is 2.30. The molecule has 1 N–H and O–H groups in total. The number of aromatic nitrogens is 1. The number of hydrazone groups is 1. The van der Waals surface area contributed by atoms with Crippen molar-refractivity contribution in [3.63, 3.8) is 0 Å². The zero-order chi connectivity index (χ0) is 31.3. The van der Waals surface area contributed by atoms with E-state index in [0.29, 0.717) is 11.3 Å². The van der Waals surface area contributed by atoms with Crippen molar-refractivity contribution >= 4 is 39.4 Å². The van der Waals surface area contributed by atoms with Gasteiger partial charge in [0.25, 0.3) is 15.9 Å². The molecule has 0 aliphatic carbocycles. The highest BCUT2D eigenvalue weighted by atomic mass is 35.5. The van der Waals surface area contributed by atoms with Crippen molar-refractivity contribution in [2.45, 2.75) is 18.7 Å². The molecule has 4 aromatic rings. The standard InChI is InChI=1S/C30H30ClFN4O6S/c1-19-14-21(20(2)36(19)24-9-7-23(32)8-10-24)17-33-34-30(37)18-35(26-15-22(31)6-12-27(26)40-3)43(38,39)25-11-13-28(41-4)29(16-25)42-5/h6-17H,18H2,1-5H3,(H,34,37)/b33-17-. The molecule has 3 aromatic carbocycles. The molecule has 0 aliphatic rings. The number of anilines is 1. The summed E-state index contributed by atoms with van der Waals surface area (Å²) in [6.07, 6.45) is 1.45. The Labute approximate surface area is 254 Å². The van der Waals surface area contributed by atoms with Crippen LogP contribution < -0.4 is 23.9 Å². The molecule has 13 heteroatoms. The monoisotopic (exact) mass is 628 g/mol. The van der Waals surface area contributed by atoms with E-state index in [1.165, 1.54) is 76.1 Å². The number of hydrogen-bond acceptors (Lipinski definition) is 7. The SMILES string of the molecule is COc1ccc(S(=O)(=O)N(CC(=O)N/N=C\c2cc(C)n(-c3ccc(F)cc3)c2C)c2cc(Cl)ccc2OC)cc1OC. The number of rotatable bonds is 11. The van der Waals surface area contributed by atoms with Crippen LogP contribution >= 0.6 is 11.6 Å². The molecular formula is C30H30ClFN4O6S. The van der Waals surface area contributed by atoms with Crippen LogP contribution in [0, 0.1) is 19.7 Å². The molecule has 0 spiro atoms. The predicted molar refractivity (Wildman–Crippen MR) is 163 cm³/mol. The number of nitrogens with zero attached hydrogens (tertiary/aromatic N) is 3. The number of amides is 1. The largest absolute Gasteiger partial charge is 0.495 e. The summed E-state index contributed by atoms with van der Waals surface area (Å²) in [6.45, 7) is 3.10. The van der Waals surface area contributed by atoms with Crippen molar-refractivity contribution in [3.8, 4) is 22.9 Å². The van der Waals surface area contributed by atoms with Gasteiger partial charge in [0.2, 0.25) is 0 Å². The molecule has 43 heavy (non-hydrogen) atoms. The van der Waals surface area contributed by atoms with E-state index in [1.807, 2.05) is 24.5 Å². The molecule has 0 saturated carbocycles. The van der Waals surface area contributed by atoms with Gasteiger partial charge in [-0.05, 0) is 74.5 Å². The number of aryl methyl sites for hydroxylation is 1. The van der Waals surface area contributed by atoms with Crippen LogP contribution in [0.4, 0.5) is 10.1 Å². The zero-order valence-corrected chi connectivity index (χ0v) is 25.7. The molecule has 1 aromatic heterocycles. The lowest BCUT2D eigenvalue weighted by Crippen LogP contribution is -2.39. The van der Waals surface area contributed by atoms with Gasteiger partial charge in [-0.15, -0.1) is 0 Å². The summed E-state index contributed by atoms with van der Waals surface area (Å²) in [5.41, 5.74) is 5.60. The van der Waals surface area contributed by atoms with Crippen LogP contribution in [0.25, 0.3) is 5.69 Å². The van der Waals surface area contributed by atoms with Crippen molar-refractivity contribution in [1.29, 1.82) is 0 Å². The second kappa shape index (κ2) is 13.2. The third-order valence-corrected chi connectivity index (χ3v) is 8.58. The number of carbonyl (C=O) groups excluding carboxylic acids is 1. The minimum Gasteiger partial charge on any atom is -0.495 e. The predicted octanol–water partition coefficient (Wildman–Crippen LogP) is 5.26. The lowest BCUT2D eigenvalue weighted by Gasteiger charge is -2.25. The molecular weight excluding hydrogens is 599 g/mol. The first kappa shape index (κ1) is 31.4. The maximum Gasteiger partial charge on any atom is 0.265 e. The third kappa shape index (κ3) is 6.76. The number of halogens is 2. The van der Waals surface area contributed by atoms with Crippen LogP contribution in [0.1, 0.15) is 17.0 Å². The van der Waals surface area contributed by atoms with Gasteiger partial charge < -0.3 is 18.8 Å². The van der Waals surface area contributed by atoms with E-state index in [9.17, 15) is 17.6 Å². The number of ether oxygens (including phenoxy) is 3. The fourth-order valence-corrected chi connectivity index (χ4v) is 6.11. The molecule has 4 rings (SSSR count). The van der Waals surface area contributed by atoms with Gasteiger partial charge in [0, 0.05) is 33.7 Å². The first-order valence-corrected chi connectivity index (χ1v) is 14.7. The molecule has 0 atom stereocenters. The van der Waals surface area contributed by atoms with Crippen molar-refractivity contribution < 1.29 is 31.8 Å². The molecule has 0 bridgehead atoms. The van der Waals surface area contributed by atoms with Crippen LogP contribution in [0.3, 0.4) is 0 Å². The Kier molecular flexibility index (Phi) is 9.62. The number of benzene rings is 3. The topological polar surface area (TPSA) is 111 Å². The van der Waals surface area contributed by atoms with Crippen molar-refractivity contribution in [3.05, 3.63) is 94.5 Å². The first-order valence-electron chi connectivity index (χ1n) is 12.8. The van der Waals surface area contributed by atoms with Crippen molar-refractivity contribution in [2.75, 3.05) is 32.2 Å². The molecule has 1 heterocycles. The molecule has 10 nitrogen and oxygen atoms in total. The summed E-state index contributed by atoms with van der Waals surface area (Å²) in [5.74, 6) is -0.367. The van der Waals surface area contributed by atoms with Crippen molar-refractivity contribution in [2.24, 2.45) is 5.10 Å². The van der Waals surface area contributed by atoms with E-state index >= 15 is 0 Å². The van der Waals surface area contributed by atoms with Crippen LogP contribution in [0.15, 0.2) is 76.7 Å². The van der Waals surface area contributed by atoms with E-state index < -0.39 is 22.5 Å². The summed E-state index contributed by atoms with van der Waals surface area (Å²) in [6, 6.07) is 16.5. The van der Waals surface area contributed by atoms with Gasteiger partial charge in [0.1, 0.15) is 18.1 Å². The Morgan fingerprint density at radius 3 is 2.26 bits per heavy atom. The van der Waals surface area contributed by atoms with Gasteiger partial charge in [-0.25, -0.2) is 18.2 Å². The summed E-state index contributed by atoms with van der Waals surface area (Å²) >= 11 is 6.21. The molecule has 0 unspecified atom stereocenters. The first-order chi connectivity index (χ1) is 20.5. The number of carbonyl (C=O) groups is 1. The lowest BCUT2D eigenvalue weighted by molar-refractivity contribution is -0.119. The highest BCUT2D eigenvalue weighted by molar-refractivity contribution is 7.92. The fourth-order valence-electron chi connectivity index (χ4n) is 4.51. The number of methoxy groups -OCH3 is 3. The average Bonchev–Trinajstić information content (AvgIpc) is 3.27. The summed E-state index contributed by atoms with van der Waals surface area (Å²) in [7, 11) is -0.169. The van der Waals surface area contributed by atoms with E-state index in [1.54, 1.807) is 12.1 Å². The van der Waals surface area contributed by atoms with Crippen molar-refractivity contribution in [1.82, 2.24) is 9.99 Å². The average molecular weight is 629 g/mol. The van der Waals surface area contributed by atoms with Gasteiger partial charge in [-0.2, -0.15) is 5.10 Å². The van der Waals surface area contributed by atoms with Gasteiger partial charge in [-0.1, -0.05) is 11.6 Å². The van der Waals surface area contributed by atoms with E-state index in [-0.39, 0.29) is 32.9 Å². The minimum atomic E-state index is -4.36. The van der Waals surface area contributed by atoms with Crippen LogP contribution in [0.2, 0.25) is 5.02 Å². The number of nitrogens with one attached hydrogen (secondary N) is 1. The van der Waals surface area contributed by atoms with Gasteiger partial charge in [0.15, 0.2) is 11.5 Å². The molecule has 0 saturated heterocycles. The van der Waals surface area contributed by atoms with Gasteiger partial charge in [0.05, 0.1) is 38.1 Å². The number of sulfonamides is 1. The summed E-state index contributed by atoms with van der Waals surface area (Å²) in [5, 5.41) is 4.30. The van der Waals surface area contributed by atoms with Gasteiger partial charge in [-0.3, -0.25) is 9.10 Å². The lowest BCUT2D eigenvalue weighted by atomic mass is 10.2. The third-order valence-electron chi connectivity index (χ3n) is 6.59. The molecule has 226 valence electrons. The van der Waals surface area contributed by atoms with Crippen LogP contribution in [0.5, 0.6) is 17.2 Å². The second-order valence-corrected chi connectivity index (χ2v) is 11.6. The smallest absolute Gasteiger partial charge is 0.265 e. The van der Waals surface area contributed by atoms with E-state index in [2.05, 4.69) is 10.5 Å². The molecule has 0 fully saturated rings. The Hall–Kier alpha value is -4.55. The molecule has 0 aliphatic heterocycles. The van der Waals surface area contributed by atoms with Crippen LogP contribution in [-0.2, 0) is 14.8 Å². The second-order valence-electron chi connectivity index (χ2n) is 9.28. The number of hydrogen-bond donors (Lipinski definition) is 1. The van der Waals surface area contributed by atoms with Crippen LogP contribution in [-0.4, -0.2) is 53.0 Å². The quantitative estimate of drug-likeness (QED) is 0.179. The summed E-state index contributed by atoms with van der Waals surface area (Å²) < 4.78 is 60.0. The Balaban J connectivity index is 1.64. The highest BCUT2D eigenvalue weighted by Crippen LogP contribution is 2.37. The normalized spacial score (nSPS) is 11.4. The Morgan fingerprint density at radius 1 is 0.953 bits per heavy atom. The Morgan fingerprint density at radius 2 is 1.60 bits per heavy atom. The Bertz CT molecular complexity index is 1770. The molecule has 1 amide bonds. The van der Waals surface area contributed by atoms with E-state index in [4.69, 9.17) is 25.8 Å². The maximum absolute atomic E-state index is 13.9. The maximum atomic E-state index is 13.9. The summed E-state index contributed by atoms with van der Waals surface area (Å²) in [4.78, 5) is 13.0. The zero-order valence-electron chi connectivity index (χ0n) is 24.1.